The van der Waals surface area contributed by atoms with Crippen molar-refractivity contribution in [3.63, 3.8) is 0 Å². The van der Waals surface area contributed by atoms with E-state index in [0.29, 0.717) is 12.0 Å². The van der Waals surface area contributed by atoms with Gasteiger partial charge in [-0.15, -0.1) is 0 Å². The minimum atomic E-state index is -0.193. The van der Waals surface area contributed by atoms with Gasteiger partial charge in [0.05, 0.1) is 12.1 Å². The average Bonchev–Trinajstić information content (AvgIpc) is 2.85. The highest BCUT2D eigenvalue weighted by Gasteiger charge is 2.59. The number of nitrogens with zero attached hydrogens (tertiary/aromatic N) is 1. The van der Waals surface area contributed by atoms with Crippen molar-refractivity contribution in [2.75, 3.05) is 13.2 Å². The van der Waals surface area contributed by atoms with E-state index in [-0.39, 0.29) is 17.7 Å². The molecule has 2 aliphatic carbocycles. The lowest BCUT2D eigenvalue weighted by molar-refractivity contribution is -0.188. The van der Waals surface area contributed by atoms with Gasteiger partial charge in [0, 0.05) is 25.7 Å². The molecule has 5 nitrogen and oxygen atoms in total. The molecule has 3 aliphatic rings. The molecule has 19 heavy (non-hydrogen) atoms. The fraction of sp³-hybridized carbons (Fsp3) is 0.929. The van der Waals surface area contributed by atoms with Gasteiger partial charge in [-0.2, -0.15) is 0 Å². The third kappa shape index (κ3) is 2.34. The zero-order valence-corrected chi connectivity index (χ0v) is 11.7. The first kappa shape index (κ1) is 13.2. The highest BCUT2D eigenvalue weighted by molar-refractivity contribution is 5.78. The zero-order valence-electron chi connectivity index (χ0n) is 11.7. The fourth-order valence-electron chi connectivity index (χ4n) is 3.39. The van der Waals surface area contributed by atoms with Crippen LogP contribution in [0, 0.1) is 0 Å². The Labute approximate surface area is 114 Å². The van der Waals surface area contributed by atoms with Crippen molar-refractivity contribution in [3.8, 4) is 0 Å². The average molecular weight is 267 g/mol. The fourth-order valence-corrected chi connectivity index (χ4v) is 3.39. The van der Waals surface area contributed by atoms with Gasteiger partial charge >= 0.3 is 0 Å². The molecule has 0 bridgehead atoms. The van der Waals surface area contributed by atoms with Crippen molar-refractivity contribution in [3.05, 3.63) is 0 Å². The second kappa shape index (κ2) is 5.29. The van der Waals surface area contributed by atoms with Crippen molar-refractivity contribution >= 4 is 5.96 Å². The van der Waals surface area contributed by atoms with Crippen LogP contribution in [0.25, 0.3) is 0 Å². The van der Waals surface area contributed by atoms with Crippen molar-refractivity contribution < 1.29 is 9.47 Å². The van der Waals surface area contributed by atoms with E-state index in [1.807, 2.05) is 6.92 Å². The van der Waals surface area contributed by atoms with E-state index in [2.05, 4.69) is 10.3 Å². The number of nitrogens with one attached hydrogen (secondary N) is 1. The molecule has 1 spiro atoms. The Hall–Kier alpha value is -0.810. The molecular formula is C14H25N3O2. The second-order valence-corrected chi connectivity index (χ2v) is 5.89. The van der Waals surface area contributed by atoms with Crippen LogP contribution in [0.2, 0.25) is 0 Å². The number of ether oxygens (including phenoxy) is 2. The maximum absolute atomic E-state index is 6.01. The van der Waals surface area contributed by atoms with Crippen LogP contribution in [-0.2, 0) is 9.47 Å². The van der Waals surface area contributed by atoms with Gasteiger partial charge < -0.3 is 20.5 Å². The molecule has 3 atom stereocenters. The lowest BCUT2D eigenvalue weighted by Gasteiger charge is -2.50. The van der Waals surface area contributed by atoms with E-state index in [1.54, 1.807) is 0 Å². The number of aliphatic imine (C=N–C) groups is 1. The quantitative estimate of drug-likeness (QED) is 0.592. The normalized spacial score (nSPS) is 39.1. The van der Waals surface area contributed by atoms with Gasteiger partial charge in [-0.3, -0.25) is 0 Å². The Kier molecular flexibility index (Phi) is 3.67. The predicted molar refractivity (Wildman–Crippen MR) is 74.1 cm³/mol. The molecule has 108 valence electrons. The summed E-state index contributed by atoms with van der Waals surface area (Å²) in [5.41, 5.74) is 5.81. The Morgan fingerprint density at radius 2 is 2.32 bits per heavy atom. The summed E-state index contributed by atoms with van der Waals surface area (Å²) in [6.07, 6.45) is 7.00. The summed E-state index contributed by atoms with van der Waals surface area (Å²) in [6, 6.07) is 0.700. The lowest BCUT2D eigenvalue weighted by Crippen LogP contribution is -2.64. The van der Waals surface area contributed by atoms with Gasteiger partial charge in [0.1, 0.15) is 5.60 Å². The molecule has 0 aromatic heterocycles. The number of nitrogens with two attached hydrogens (primary N) is 1. The van der Waals surface area contributed by atoms with Crippen molar-refractivity contribution in [1.82, 2.24) is 5.32 Å². The van der Waals surface area contributed by atoms with Gasteiger partial charge in [-0.25, -0.2) is 4.99 Å². The summed E-state index contributed by atoms with van der Waals surface area (Å²) >= 11 is 0. The molecule has 0 aromatic rings. The maximum atomic E-state index is 6.01. The van der Waals surface area contributed by atoms with Gasteiger partial charge in [0.15, 0.2) is 5.96 Å². The largest absolute Gasteiger partial charge is 0.375 e. The van der Waals surface area contributed by atoms with Crippen molar-refractivity contribution in [1.29, 1.82) is 0 Å². The number of hydrogen-bond donors (Lipinski definition) is 2. The summed E-state index contributed by atoms with van der Waals surface area (Å²) in [5.74, 6) is 0.583. The van der Waals surface area contributed by atoms with E-state index in [0.717, 1.165) is 32.5 Å². The summed E-state index contributed by atoms with van der Waals surface area (Å²) in [6.45, 7) is 3.60. The van der Waals surface area contributed by atoms with E-state index in [4.69, 9.17) is 15.2 Å². The molecule has 3 unspecified atom stereocenters. The van der Waals surface area contributed by atoms with Gasteiger partial charge in [0.2, 0.25) is 0 Å². The Morgan fingerprint density at radius 1 is 1.47 bits per heavy atom. The predicted octanol–water partition coefficient (Wildman–Crippen LogP) is 1.17. The first-order chi connectivity index (χ1) is 9.24. The Balaban J connectivity index is 1.62. The van der Waals surface area contributed by atoms with Gasteiger partial charge in [-0.05, 0) is 39.0 Å². The van der Waals surface area contributed by atoms with Crippen LogP contribution in [0.1, 0.15) is 45.4 Å². The van der Waals surface area contributed by atoms with Crippen molar-refractivity contribution in [2.24, 2.45) is 10.7 Å². The van der Waals surface area contributed by atoms with Crippen LogP contribution >= 0.6 is 0 Å². The minimum absolute atomic E-state index is 0.166. The Bertz CT molecular complexity index is 349. The van der Waals surface area contributed by atoms with Gasteiger partial charge in [-0.1, -0.05) is 0 Å². The van der Waals surface area contributed by atoms with Crippen molar-refractivity contribution in [2.45, 2.75) is 69.2 Å². The molecule has 2 saturated carbocycles. The molecule has 3 N–H and O–H groups in total. The smallest absolute Gasteiger partial charge is 0.189 e. The molecule has 3 fully saturated rings. The summed E-state index contributed by atoms with van der Waals surface area (Å²) in [4.78, 5) is 4.65. The number of rotatable bonds is 4. The van der Waals surface area contributed by atoms with Crippen LogP contribution in [0.5, 0.6) is 0 Å². The zero-order chi connectivity index (χ0) is 13.3. The van der Waals surface area contributed by atoms with Crippen LogP contribution in [0.4, 0.5) is 0 Å². The molecule has 0 amide bonds. The molecule has 5 heteroatoms. The molecule has 3 rings (SSSR count). The van der Waals surface area contributed by atoms with E-state index < -0.39 is 0 Å². The highest BCUT2D eigenvalue weighted by Crippen LogP contribution is 2.47. The molecule has 0 aromatic carbocycles. The van der Waals surface area contributed by atoms with E-state index >= 15 is 0 Å². The molecule has 1 aliphatic heterocycles. The van der Waals surface area contributed by atoms with Crippen LogP contribution in [0.15, 0.2) is 4.99 Å². The van der Waals surface area contributed by atoms with Crippen LogP contribution < -0.4 is 11.1 Å². The van der Waals surface area contributed by atoms with E-state index in [9.17, 15) is 0 Å². The number of guanidine groups is 1. The molecular weight excluding hydrogens is 242 g/mol. The van der Waals surface area contributed by atoms with Gasteiger partial charge in [0.25, 0.3) is 0 Å². The third-order valence-electron chi connectivity index (χ3n) is 4.75. The number of hydrogen-bond acceptors (Lipinski definition) is 3. The maximum Gasteiger partial charge on any atom is 0.189 e. The van der Waals surface area contributed by atoms with E-state index in [1.165, 1.54) is 19.3 Å². The van der Waals surface area contributed by atoms with Crippen LogP contribution in [0.3, 0.4) is 0 Å². The monoisotopic (exact) mass is 267 g/mol. The summed E-state index contributed by atoms with van der Waals surface area (Å²) in [5, 5.41) is 3.30. The summed E-state index contributed by atoms with van der Waals surface area (Å²) in [7, 11) is 0. The third-order valence-corrected chi connectivity index (χ3v) is 4.75. The highest BCUT2D eigenvalue weighted by atomic mass is 16.6. The lowest BCUT2D eigenvalue weighted by atomic mass is 9.70. The standard InChI is InChI=1S/C14H25N3O2/c1-2-18-12-9-11(14(12)7-4-8-19-14)17-13(15)16-10-5-3-6-10/h10-12H,2-9H2,1H3,(H3,15,16,17). The van der Waals surface area contributed by atoms with Crippen LogP contribution in [-0.4, -0.2) is 43.0 Å². The molecule has 0 radical (unpaired) electrons. The topological polar surface area (TPSA) is 68.9 Å². The molecule has 1 saturated heterocycles. The minimum Gasteiger partial charge on any atom is -0.375 e. The SMILES string of the molecule is CCOC1CC(N=C(N)NC2CCC2)C12CCCO2. The molecule has 1 heterocycles. The summed E-state index contributed by atoms with van der Waals surface area (Å²) < 4.78 is 11.8. The second-order valence-electron chi connectivity index (χ2n) is 5.89. The first-order valence-corrected chi connectivity index (χ1v) is 7.60. The Morgan fingerprint density at radius 3 is 2.89 bits per heavy atom. The first-order valence-electron chi connectivity index (χ1n) is 7.60.